The molecule has 1 rings (SSSR count). The van der Waals surface area contributed by atoms with E-state index in [0.717, 1.165) is 12.1 Å². The molecular formula is C11H13LrN2-. The van der Waals surface area contributed by atoms with Gasteiger partial charge in [0.25, 0.3) is 0 Å². The average Bonchev–Trinajstić information content (AvgIpc) is 2.17. The molecule has 1 aromatic carbocycles. The summed E-state index contributed by atoms with van der Waals surface area (Å²) in [4.78, 5) is 4.10. The maximum Gasteiger partial charge on any atom is 0.0655 e. The van der Waals surface area contributed by atoms with Crippen molar-refractivity contribution < 1.29 is 0 Å². The summed E-state index contributed by atoms with van der Waals surface area (Å²) in [5.74, 6) is 0. The Balaban J connectivity index is 0.00000169. The molecule has 14 heavy (non-hydrogen) atoms. The van der Waals surface area contributed by atoms with E-state index in [-0.39, 0.29) is 0 Å². The molecule has 3 heteroatoms. The Labute approximate surface area is 78.8 Å². The Morgan fingerprint density at radius 2 is 2.21 bits per heavy atom. The van der Waals surface area contributed by atoms with Crippen LogP contribution in [0.5, 0.6) is 0 Å². The molecule has 0 atom stereocenters. The molecule has 0 aliphatic carbocycles. The largest absolute Gasteiger partial charge is 0.397 e. The maximum atomic E-state index is 5.72. The van der Waals surface area contributed by atoms with Crippen molar-refractivity contribution in [2.24, 2.45) is 4.99 Å². The third-order valence-corrected chi connectivity index (χ3v) is 1.80. The number of hydrogen-bond donors (Lipinski definition) is 1. The van der Waals surface area contributed by atoms with Gasteiger partial charge in [0, 0.05) is 0 Å². The Morgan fingerprint density at radius 3 is 2.79 bits per heavy atom. The van der Waals surface area contributed by atoms with E-state index in [1.54, 1.807) is 0 Å². The van der Waals surface area contributed by atoms with Crippen LogP contribution in [0.25, 0.3) is 0 Å². The van der Waals surface area contributed by atoms with E-state index in [1.165, 1.54) is 17.9 Å². The van der Waals surface area contributed by atoms with E-state index in [4.69, 9.17) is 12.3 Å². The molecule has 2 N–H and O–H groups in total. The predicted molar refractivity (Wildman–Crippen MR) is 57.3 cm³/mol. The fourth-order valence-corrected chi connectivity index (χ4v) is 1.04. The van der Waals surface area contributed by atoms with Gasteiger partial charge in [0.1, 0.15) is 0 Å². The molecule has 0 aliphatic rings. The molecule has 0 saturated carbocycles. The van der Waals surface area contributed by atoms with Crippen LogP contribution in [0.1, 0.15) is 12.5 Å². The molecule has 1 aromatic rings. The van der Waals surface area contributed by atoms with Crippen molar-refractivity contribution >= 4 is 17.6 Å². The van der Waals surface area contributed by atoms with Gasteiger partial charge in [0.15, 0.2) is 0 Å². The first-order valence-corrected chi connectivity index (χ1v) is 4.24. The van der Waals surface area contributed by atoms with E-state index < -0.39 is 0 Å². The van der Waals surface area contributed by atoms with Gasteiger partial charge in [0.05, 0.1) is 11.4 Å². The smallest absolute Gasteiger partial charge is 0.0655 e. The van der Waals surface area contributed by atoms with Crippen LogP contribution < -0.4 is 5.73 Å². The summed E-state index contributed by atoms with van der Waals surface area (Å²) >= 11 is 0. The van der Waals surface area contributed by atoms with Crippen LogP contribution in [-0.4, -0.2) is 6.21 Å². The monoisotopic (exact) mass is 435 g/mol. The number of aliphatic imine (C=N–C) groups is 1. The van der Waals surface area contributed by atoms with Gasteiger partial charge in [-0.25, -0.2) is 6.08 Å². The van der Waals surface area contributed by atoms with Crippen LogP contribution >= 0.6 is 0 Å². The molecule has 0 bridgehead atoms. The summed E-state index contributed by atoms with van der Waals surface area (Å²) < 4.78 is 0. The molecule has 83 valence electrons. The van der Waals surface area contributed by atoms with E-state index in [9.17, 15) is 0 Å². The molecular weight excluding hydrogens is 422 g/mol. The molecule has 0 aromatic heterocycles. The van der Waals surface area contributed by atoms with Gasteiger partial charge in [-0.05, 0) is 24.1 Å². The minimum absolute atomic E-state index is 0. The van der Waals surface area contributed by atoms with E-state index in [0.29, 0.717) is 5.69 Å². The summed E-state index contributed by atoms with van der Waals surface area (Å²) in [7, 11) is 0. The summed E-state index contributed by atoms with van der Waals surface area (Å²) in [5.41, 5.74) is 8.39. The normalized spacial score (nSPS) is 9.79. The summed E-state index contributed by atoms with van der Waals surface area (Å²) in [6.07, 6.45) is 3.90. The maximum absolute atomic E-state index is 5.72. The first-order chi connectivity index (χ1) is 6.27. The van der Waals surface area contributed by atoms with E-state index in [1.807, 2.05) is 18.2 Å². The number of hydrogen-bond acceptors (Lipinski definition) is 2. The van der Waals surface area contributed by atoms with Crippen molar-refractivity contribution in [2.75, 3.05) is 5.73 Å². The van der Waals surface area contributed by atoms with Gasteiger partial charge >= 0.3 is 0 Å². The van der Waals surface area contributed by atoms with Gasteiger partial charge in [-0.15, -0.1) is 6.21 Å². The minimum atomic E-state index is 0. The van der Waals surface area contributed by atoms with E-state index >= 15 is 0 Å². The van der Waals surface area contributed by atoms with Crippen LogP contribution in [0.2, 0.25) is 0 Å². The molecule has 0 spiro atoms. The quantitative estimate of drug-likeness (QED) is 0.443. The number of allylic oxidation sites excluding steroid dienone is 1. The second-order valence-corrected chi connectivity index (χ2v) is 2.72. The Bertz CT molecular complexity index is 332. The number of anilines is 1. The number of nitrogen functional groups attached to an aromatic ring is 1. The predicted octanol–water partition coefficient (Wildman–Crippen LogP) is 2.52. The minimum Gasteiger partial charge on any atom is -0.397 e. The molecule has 2 nitrogen and oxygen atoms in total. The standard InChI is InChI=1S/C11H13N2.Lr/c1-3-7-13-11-8-9(4-2)5-6-10(11)12;/h1,3,5-8H,4,12H2,2H3;/q-1;. The molecule has 1 radical (unpaired) electrons. The molecule has 0 aliphatic heterocycles. The topological polar surface area (TPSA) is 38.4 Å². The van der Waals surface area contributed by atoms with Crippen molar-refractivity contribution in [2.45, 2.75) is 13.3 Å². The third-order valence-electron chi connectivity index (χ3n) is 1.80. The van der Waals surface area contributed by atoms with Gasteiger partial charge in [-0.2, -0.15) is 0 Å². The van der Waals surface area contributed by atoms with Gasteiger partial charge in [-0.3, -0.25) is 6.58 Å². The first-order valence-electron chi connectivity index (χ1n) is 4.24. The number of rotatable bonds is 3. The molecule has 0 unspecified atom stereocenters. The van der Waals surface area contributed by atoms with Gasteiger partial charge < -0.3 is 10.7 Å². The number of nitrogens with two attached hydrogens (primary N) is 1. The summed E-state index contributed by atoms with van der Waals surface area (Å²) in [6, 6.07) is 5.83. The second-order valence-electron chi connectivity index (χ2n) is 2.72. The Kier molecular flexibility index (Phi) is 4.20. The van der Waals surface area contributed by atoms with E-state index in [2.05, 4.69) is 11.9 Å². The zero-order valence-electron chi connectivity index (χ0n) is 7.95. The Morgan fingerprint density at radius 1 is 1.50 bits per heavy atom. The fourth-order valence-electron chi connectivity index (χ4n) is 1.04. The SMILES string of the molecule is [CH-]=CC=Nc1cc(CC)ccc1N.[Lr]. The van der Waals surface area contributed by atoms with Crippen molar-refractivity contribution in [3.8, 4) is 0 Å². The zero-order valence-corrected chi connectivity index (χ0v) is 10.1. The van der Waals surface area contributed by atoms with Crippen LogP contribution in [0, 0.1) is 6.58 Å². The average molecular weight is 435 g/mol. The fraction of sp³-hybridized carbons (Fsp3) is 0.182. The van der Waals surface area contributed by atoms with Crippen molar-refractivity contribution in [1.29, 1.82) is 0 Å². The summed E-state index contributed by atoms with van der Waals surface area (Å²) in [5, 5.41) is 0. The van der Waals surface area contributed by atoms with Gasteiger partial charge in [0.2, 0.25) is 0 Å². The molecule has 0 amide bonds. The van der Waals surface area contributed by atoms with Crippen LogP contribution in [0.4, 0.5) is 11.4 Å². The molecule has 0 saturated heterocycles. The van der Waals surface area contributed by atoms with Crippen molar-refractivity contribution in [3.63, 3.8) is 0 Å². The van der Waals surface area contributed by atoms with Crippen LogP contribution in [-0.2, 0) is 6.42 Å². The number of benzene rings is 1. The van der Waals surface area contributed by atoms with Crippen molar-refractivity contribution in [3.05, 3.63) is 36.4 Å². The summed E-state index contributed by atoms with van der Waals surface area (Å²) in [6.45, 7) is 7.27. The third kappa shape index (κ3) is 2.48. The number of nitrogens with zero attached hydrogens (tertiary/aromatic N) is 1. The zero-order chi connectivity index (χ0) is 9.68. The molecule has 0 heterocycles. The van der Waals surface area contributed by atoms with Crippen molar-refractivity contribution in [1.82, 2.24) is 0 Å². The Hall–Kier alpha value is -2.57. The number of aryl methyl sites for hydroxylation is 1. The molecule has 0 fully saturated rings. The first kappa shape index (κ1) is 11.4. The van der Waals surface area contributed by atoms with Crippen LogP contribution in [0.15, 0.2) is 29.3 Å². The van der Waals surface area contributed by atoms with Gasteiger partial charge in [-0.1, -0.05) is 13.0 Å². The second kappa shape index (κ2) is 5.14. The van der Waals surface area contributed by atoms with Crippen LogP contribution in [0.3, 0.4) is 0 Å².